The van der Waals surface area contributed by atoms with Crippen LogP contribution in [-0.4, -0.2) is 15.9 Å². The summed E-state index contributed by atoms with van der Waals surface area (Å²) in [5.74, 6) is 2.87. The van der Waals surface area contributed by atoms with Gasteiger partial charge in [0.2, 0.25) is 0 Å². The first-order chi connectivity index (χ1) is 7.04. The number of hydrogen-bond donors (Lipinski definition) is 1. The standard InChI is InChI=1S/C10H11N3O2/c1-4-8(3)12-10-5-9(13(14)15)7(2)6-11-10/h1,5-6,8H,2-3H3,(H,11,12). The third kappa shape index (κ3) is 2.68. The average Bonchev–Trinajstić information content (AvgIpc) is 2.20. The lowest BCUT2D eigenvalue weighted by atomic mass is 10.2. The summed E-state index contributed by atoms with van der Waals surface area (Å²) in [6.07, 6.45) is 6.62. The van der Waals surface area contributed by atoms with Gasteiger partial charge in [-0.05, 0) is 13.8 Å². The van der Waals surface area contributed by atoms with E-state index < -0.39 is 4.92 Å². The average molecular weight is 205 g/mol. The number of nitrogens with one attached hydrogen (secondary N) is 1. The second-order valence-corrected chi connectivity index (χ2v) is 3.15. The summed E-state index contributed by atoms with van der Waals surface area (Å²) in [5.41, 5.74) is 0.565. The molecule has 0 radical (unpaired) electrons. The van der Waals surface area contributed by atoms with Gasteiger partial charge in [-0.1, -0.05) is 5.92 Å². The van der Waals surface area contributed by atoms with Crippen molar-refractivity contribution in [3.8, 4) is 12.3 Å². The van der Waals surface area contributed by atoms with Gasteiger partial charge in [-0.15, -0.1) is 6.42 Å². The summed E-state index contributed by atoms with van der Waals surface area (Å²) in [4.78, 5) is 14.2. The smallest absolute Gasteiger partial charge is 0.277 e. The van der Waals surface area contributed by atoms with Crippen LogP contribution in [0.4, 0.5) is 11.5 Å². The lowest BCUT2D eigenvalue weighted by Crippen LogP contribution is -2.13. The van der Waals surface area contributed by atoms with E-state index in [0.29, 0.717) is 11.4 Å². The highest BCUT2D eigenvalue weighted by molar-refractivity contribution is 5.49. The molecule has 0 saturated heterocycles. The summed E-state index contributed by atoms with van der Waals surface area (Å²) in [7, 11) is 0. The Labute approximate surface area is 87.7 Å². The van der Waals surface area contributed by atoms with Crippen molar-refractivity contribution < 1.29 is 4.92 Å². The van der Waals surface area contributed by atoms with Crippen molar-refractivity contribution in [2.45, 2.75) is 19.9 Å². The largest absolute Gasteiger partial charge is 0.357 e. The molecule has 1 aromatic heterocycles. The fourth-order valence-corrected chi connectivity index (χ4v) is 1.05. The quantitative estimate of drug-likeness (QED) is 0.463. The Bertz CT molecular complexity index is 423. The molecule has 0 aromatic carbocycles. The van der Waals surface area contributed by atoms with Gasteiger partial charge >= 0.3 is 0 Å². The number of pyridine rings is 1. The highest BCUT2D eigenvalue weighted by Crippen LogP contribution is 2.19. The number of terminal acetylenes is 1. The Morgan fingerprint density at radius 2 is 2.40 bits per heavy atom. The van der Waals surface area contributed by atoms with Crippen LogP contribution in [0.5, 0.6) is 0 Å². The fourth-order valence-electron chi connectivity index (χ4n) is 1.05. The van der Waals surface area contributed by atoms with Crippen LogP contribution in [0.15, 0.2) is 12.3 Å². The molecule has 1 N–H and O–H groups in total. The van der Waals surface area contributed by atoms with Crippen molar-refractivity contribution in [1.29, 1.82) is 0 Å². The summed E-state index contributed by atoms with van der Waals surface area (Å²) in [5, 5.41) is 13.5. The van der Waals surface area contributed by atoms with E-state index in [9.17, 15) is 10.1 Å². The normalized spacial score (nSPS) is 11.5. The van der Waals surface area contributed by atoms with Gasteiger partial charge < -0.3 is 5.32 Å². The van der Waals surface area contributed by atoms with Crippen LogP contribution in [0.25, 0.3) is 0 Å². The highest BCUT2D eigenvalue weighted by Gasteiger charge is 2.12. The SMILES string of the molecule is C#CC(C)Nc1cc([N+](=O)[O-])c(C)cn1. The Hall–Kier alpha value is -2.09. The molecule has 15 heavy (non-hydrogen) atoms. The Kier molecular flexibility index (Phi) is 3.24. The monoisotopic (exact) mass is 205 g/mol. The summed E-state index contributed by atoms with van der Waals surface area (Å²) < 4.78 is 0. The zero-order valence-corrected chi connectivity index (χ0v) is 8.52. The lowest BCUT2D eigenvalue weighted by molar-refractivity contribution is -0.385. The van der Waals surface area contributed by atoms with E-state index in [2.05, 4.69) is 16.2 Å². The van der Waals surface area contributed by atoms with E-state index in [1.165, 1.54) is 12.3 Å². The third-order valence-electron chi connectivity index (χ3n) is 1.89. The molecule has 0 bridgehead atoms. The molecule has 1 rings (SSSR count). The van der Waals surface area contributed by atoms with Crippen molar-refractivity contribution in [2.24, 2.45) is 0 Å². The molecule has 0 aliphatic heterocycles. The molecule has 0 aliphatic rings. The number of nitrogens with zero attached hydrogens (tertiary/aromatic N) is 2. The number of anilines is 1. The van der Waals surface area contributed by atoms with E-state index in [0.717, 1.165) is 0 Å². The first kappa shape index (κ1) is 11.0. The highest BCUT2D eigenvalue weighted by atomic mass is 16.6. The number of aromatic nitrogens is 1. The van der Waals surface area contributed by atoms with Gasteiger partial charge in [0.1, 0.15) is 5.82 Å². The summed E-state index contributed by atoms with van der Waals surface area (Å²) in [6.45, 7) is 3.41. The number of rotatable bonds is 3. The maximum Gasteiger partial charge on any atom is 0.277 e. The molecule has 1 heterocycles. The van der Waals surface area contributed by atoms with Crippen molar-refractivity contribution in [2.75, 3.05) is 5.32 Å². The first-order valence-electron chi connectivity index (χ1n) is 4.38. The van der Waals surface area contributed by atoms with E-state index >= 15 is 0 Å². The third-order valence-corrected chi connectivity index (χ3v) is 1.89. The first-order valence-corrected chi connectivity index (χ1v) is 4.38. The number of aryl methyl sites for hydroxylation is 1. The molecule has 5 nitrogen and oxygen atoms in total. The minimum atomic E-state index is -0.442. The van der Waals surface area contributed by atoms with Gasteiger partial charge in [-0.2, -0.15) is 0 Å². The molecule has 0 spiro atoms. The van der Waals surface area contributed by atoms with E-state index in [1.54, 1.807) is 13.8 Å². The predicted octanol–water partition coefficient (Wildman–Crippen LogP) is 1.73. The molecule has 0 amide bonds. The van der Waals surface area contributed by atoms with Crippen molar-refractivity contribution in [3.63, 3.8) is 0 Å². The molecule has 0 aliphatic carbocycles. The molecule has 1 aromatic rings. The zero-order chi connectivity index (χ0) is 11.4. The second kappa shape index (κ2) is 4.42. The Morgan fingerprint density at radius 3 is 2.93 bits per heavy atom. The van der Waals surface area contributed by atoms with E-state index in [4.69, 9.17) is 6.42 Å². The van der Waals surface area contributed by atoms with Crippen LogP contribution in [0, 0.1) is 29.4 Å². The van der Waals surface area contributed by atoms with Crippen LogP contribution >= 0.6 is 0 Å². The Morgan fingerprint density at radius 1 is 1.73 bits per heavy atom. The van der Waals surface area contributed by atoms with Gasteiger partial charge in [0.15, 0.2) is 0 Å². The molecular weight excluding hydrogens is 194 g/mol. The summed E-state index contributed by atoms with van der Waals surface area (Å²) >= 11 is 0. The second-order valence-electron chi connectivity index (χ2n) is 3.15. The van der Waals surface area contributed by atoms with Crippen molar-refractivity contribution >= 4 is 11.5 Å². The maximum absolute atomic E-state index is 10.6. The molecular formula is C10H11N3O2. The zero-order valence-electron chi connectivity index (χ0n) is 8.52. The van der Waals surface area contributed by atoms with Gasteiger partial charge in [0.25, 0.3) is 5.69 Å². The van der Waals surface area contributed by atoms with Crippen LogP contribution in [0.3, 0.4) is 0 Å². The molecule has 0 saturated carbocycles. The van der Waals surface area contributed by atoms with Gasteiger partial charge in [0.05, 0.1) is 17.0 Å². The van der Waals surface area contributed by atoms with Crippen LogP contribution in [-0.2, 0) is 0 Å². The fraction of sp³-hybridized carbons (Fsp3) is 0.300. The van der Waals surface area contributed by atoms with E-state index in [1.807, 2.05) is 0 Å². The number of nitro groups is 1. The topological polar surface area (TPSA) is 68.1 Å². The maximum atomic E-state index is 10.6. The minimum absolute atomic E-state index is 0.0386. The Balaban J connectivity index is 2.99. The van der Waals surface area contributed by atoms with Gasteiger partial charge in [0, 0.05) is 11.8 Å². The van der Waals surface area contributed by atoms with Crippen LogP contribution in [0.1, 0.15) is 12.5 Å². The number of hydrogen-bond acceptors (Lipinski definition) is 4. The molecule has 78 valence electrons. The molecule has 1 unspecified atom stereocenters. The lowest BCUT2D eigenvalue weighted by Gasteiger charge is -2.08. The van der Waals surface area contributed by atoms with Gasteiger partial charge in [-0.25, -0.2) is 4.98 Å². The van der Waals surface area contributed by atoms with Crippen molar-refractivity contribution in [3.05, 3.63) is 27.9 Å². The van der Waals surface area contributed by atoms with Crippen LogP contribution in [0.2, 0.25) is 0 Å². The summed E-state index contributed by atoms with van der Waals surface area (Å²) in [6, 6.07) is 1.17. The van der Waals surface area contributed by atoms with Crippen LogP contribution < -0.4 is 5.32 Å². The molecule has 1 atom stereocenters. The predicted molar refractivity (Wildman–Crippen MR) is 57.5 cm³/mol. The minimum Gasteiger partial charge on any atom is -0.357 e. The molecule has 0 fully saturated rings. The van der Waals surface area contributed by atoms with E-state index in [-0.39, 0.29) is 11.7 Å². The van der Waals surface area contributed by atoms with Crippen molar-refractivity contribution in [1.82, 2.24) is 4.98 Å². The molecule has 5 heteroatoms. The van der Waals surface area contributed by atoms with Gasteiger partial charge in [-0.3, -0.25) is 10.1 Å².